The first-order valence-electron chi connectivity index (χ1n) is 15.7. The van der Waals surface area contributed by atoms with Crippen molar-refractivity contribution >= 4 is 16.8 Å². The fraction of sp³-hybridized carbons (Fsp3) is 0.528. The van der Waals surface area contributed by atoms with Gasteiger partial charge in [0.25, 0.3) is 5.91 Å². The van der Waals surface area contributed by atoms with Crippen LogP contribution in [0.1, 0.15) is 93.1 Å². The number of para-hydroxylation sites is 1. The summed E-state index contributed by atoms with van der Waals surface area (Å²) in [6, 6.07) is 17.4. The summed E-state index contributed by atoms with van der Waals surface area (Å²) >= 11 is 0. The number of hydrogen-bond donors (Lipinski definition) is 2. The molecule has 4 saturated carbocycles. The van der Waals surface area contributed by atoms with Gasteiger partial charge in [0, 0.05) is 35.7 Å². The number of aromatic nitrogens is 1. The minimum Gasteiger partial charge on any atom is -0.356 e. The van der Waals surface area contributed by atoms with Crippen LogP contribution in [0.3, 0.4) is 0 Å². The summed E-state index contributed by atoms with van der Waals surface area (Å²) in [6.45, 7) is 4.26. The zero-order valence-electron chi connectivity index (χ0n) is 23.9. The highest BCUT2D eigenvalue weighted by Gasteiger charge is 2.50. The van der Waals surface area contributed by atoms with E-state index in [-0.39, 0.29) is 18.0 Å². The van der Waals surface area contributed by atoms with Crippen molar-refractivity contribution < 1.29 is 4.79 Å². The molecular formula is C36H43N3O. The van der Waals surface area contributed by atoms with Gasteiger partial charge in [-0.05, 0) is 103 Å². The predicted molar refractivity (Wildman–Crippen MR) is 162 cm³/mol. The molecule has 2 aromatic carbocycles. The van der Waals surface area contributed by atoms with Crippen molar-refractivity contribution in [3.8, 4) is 12.3 Å². The Labute approximate surface area is 239 Å². The van der Waals surface area contributed by atoms with Crippen molar-refractivity contribution in [1.29, 1.82) is 0 Å². The van der Waals surface area contributed by atoms with E-state index in [1.165, 1.54) is 55.0 Å². The first-order chi connectivity index (χ1) is 19.6. The molecular weight excluding hydrogens is 490 g/mol. The van der Waals surface area contributed by atoms with Gasteiger partial charge in [0.15, 0.2) is 0 Å². The van der Waals surface area contributed by atoms with E-state index in [2.05, 4.69) is 71.7 Å². The Morgan fingerprint density at radius 2 is 1.75 bits per heavy atom. The van der Waals surface area contributed by atoms with Gasteiger partial charge in [0.05, 0.1) is 6.04 Å². The lowest BCUT2D eigenvalue weighted by Crippen LogP contribution is -2.50. The van der Waals surface area contributed by atoms with Crippen molar-refractivity contribution in [1.82, 2.24) is 15.2 Å². The number of terminal acetylenes is 1. The van der Waals surface area contributed by atoms with Gasteiger partial charge in [0.2, 0.25) is 0 Å². The molecule has 4 aliphatic carbocycles. The van der Waals surface area contributed by atoms with Gasteiger partial charge in [0.1, 0.15) is 0 Å². The van der Waals surface area contributed by atoms with Gasteiger partial charge < -0.3 is 15.2 Å². The molecule has 2 heterocycles. The van der Waals surface area contributed by atoms with E-state index in [1.54, 1.807) is 0 Å². The zero-order valence-corrected chi connectivity index (χ0v) is 23.9. The quantitative estimate of drug-likeness (QED) is 0.302. The highest BCUT2D eigenvalue weighted by molar-refractivity contribution is 5.94. The van der Waals surface area contributed by atoms with Gasteiger partial charge in [-0.3, -0.25) is 4.79 Å². The van der Waals surface area contributed by atoms with Gasteiger partial charge in [-0.25, -0.2) is 0 Å². The van der Waals surface area contributed by atoms with Crippen LogP contribution in [0.5, 0.6) is 0 Å². The lowest BCUT2D eigenvalue weighted by molar-refractivity contribution is -0.130. The lowest BCUT2D eigenvalue weighted by atomic mass is 9.49. The van der Waals surface area contributed by atoms with Gasteiger partial charge >= 0.3 is 0 Å². The van der Waals surface area contributed by atoms with Crippen LogP contribution in [0.2, 0.25) is 0 Å². The standard InChI is InChI=1S/C36H43N3O/c1-3-5-8-29-18-31-30-9-6-7-10-32(30)38-34(31)35(39(29)33(40)4-2)28-13-11-24(12-14-28)22-37-23-36-19-25-15-26(20-36)17-27(16-25)21-36/h2,6-7,9-14,25-27,29,35,37-38H,3,5,8,15-23H2,1H3/t25?,26?,27?,29?,35-,36?/m0/s1. The summed E-state index contributed by atoms with van der Waals surface area (Å²) in [4.78, 5) is 19.0. The second kappa shape index (κ2) is 10.4. The Morgan fingerprint density at radius 1 is 1.05 bits per heavy atom. The van der Waals surface area contributed by atoms with Crippen LogP contribution < -0.4 is 5.32 Å². The van der Waals surface area contributed by atoms with Crippen LogP contribution in [-0.4, -0.2) is 28.4 Å². The maximum atomic E-state index is 13.3. The normalized spacial score (nSPS) is 30.4. The number of carbonyl (C=O) groups excluding carboxylic acids is 1. The van der Waals surface area contributed by atoms with E-state index >= 15 is 0 Å². The smallest absolute Gasteiger partial charge is 0.299 e. The van der Waals surface area contributed by atoms with Crippen LogP contribution in [0.25, 0.3) is 10.9 Å². The van der Waals surface area contributed by atoms with Crippen LogP contribution in [-0.2, 0) is 17.8 Å². The number of benzene rings is 2. The van der Waals surface area contributed by atoms with E-state index in [0.717, 1.165) is 73.3 Å². The Morgan fingerprint density at radius 3 is 2.42 bits per heavy atom. The molecule has 0 radical (unpaired) electrons. The molecule has 1 aliphatic heterocycles. The highest BCUT2D eigenvalue weighted by atomic mass is 16.2. The number of unbranched alkanes of at least 4 members (excludes halogenated alkanes) is 1. The number of carbonyl (C=O) groups is 1. The topological polar surface area (TPSA) is 48.1 Å². The molecule has 8 rings (SSSR count). The molecule has 4 bridgehead atoms. The van der Waals surface area contributed by atoms with E-state index in [0.29, 0.717) is 5.41 Å². The molecule has 0 spiro atoms. The Bertz CT molecular complexity index is 1390. The molecule has 1 unspecified atom stereocenters. The van der Waals surface area contributed by atoms with Gasteiger partial charge in [-0.1, -0.05) is 62.2 Å². The van der Waals surface area contributed by atoms with Crippen LogP contribution >= 0.6 is 0 Å². The molecule has 40 heavy (non-hydrogen) atoms. The number of H-pyrrole nitrogens is 1. The van der Waals surface area contributed by atoms with Gasteiger partial charge in [-0.2, -0.15) is 0 Å². The number of rotatable bonds is 8. The second-order valence-electron chi connectivity index (χ2n) is 13.6. The average Bonchev–Trinajstić information content (AvgIpc) is 3.33. The summed E-state index contributed by atoms with van der Waals surface area (Å²) in [5.41, 5.74) is 6.56. The van der Waals surface area contributed by atoms with E-state index in [9.17, 15) is 4.79 Å². The number of nitrogens with one attached hydrogen (secondary N) is 2. The van der Waals surface area contributed by atoms with Crippen molar-refractivity contribution in [3.05, 3.63) is 70.9 Å². The van der Waals surface area contributed by atoms with Crippen LogP contribution in [0.15, 0.2) is 48.5 Å². The molecule has 208 valence electrons. The van der Waals surface area contributed by atoms with E-state index in [1.807, 2.05) is 4.90 Å². The molecule has 0 saturated heterocycles. The molecule has 5 aliphatic rings. The Kier molecular flexibility index (Phi) is 6.75. The number of nitrogens with zero attached hydrogens (tertiary/aromatic N) is 1. The second-order valence-corrected chi connectivity index (χ2v) is 13.6. The number of hydrogen-bond acceptors (Lipinski definition) is 2. The molecule has 2 atom stereocenters. The van der Waals surface area contributed by atoms with Crippen molar-refractivity contribution in [2.45, 2.75) is 89.8 Å². The third-order valence-corrected chi connectivity index (χ3v) is 10.8. The summed E-state index contributed by atoms with van der Waals surface area (Å²) in [5.74, 6) is 5.23. The Balaban J connectivity index is 1.14. The van der Waals surface area contributed by atoms with Crippen molar-refractivity contribution in [2.75, 3.05) is 6.54 Å². The summed E-state index contributed by atoms with van der Waals surface area (Å²) in [6.07, 6.45) is 18.6. The first kappa shape index (κ1) is 25.9. The van der Waals surface area contributed by atoms with Crippen molar-refractivity contribution in [2.24, 2.45) is 23.2 Å². The summed E-state index contributed by atoms with van der Waals surface area (Å²) in [5, 5.41) is 5.13. The fourth-order valence-corrected chi connectivity index (χ4v) is 9.52. The Hall–Kier alpha value is -3.03. The summed E-state index contributed by atoms with van der Waals surface area (Å²) < 4.78 is 0. The average molecular weight is 534 g/mol. The molecule has 4 nitrogen and oxygen atoms in total. The van der Waals surface area contributed by atoms with Gasteiger partial charge in [-0.15, -0.1) is 6.42 Å². The SMILES string of the molecule is C#CC(=O)N1C(CCCC)Cc2c([nH]c3ccccc23)[C@@H]1c1ccc(CNCC23CC4CC(CC(C4)C2)C3)cc1. The van der Waals surface area contributed by atoms with Crippen molar-refractivity contribution in [3.63, 3.8) is 0 Å². The zero-order chi connectivity index (χ0) is 27.3. The van der Waals surface area contributed by atoms with Crippen LogP contribution in [0, 0.1) is 35.5 Å². The summed E-state index contributed by atoms with van der Waals surface area (Å²) in [7, 11) is 0. The minimum absolute atomic E-state index is 0.0989. The molecule has 3 aromatic rings. The molecule has 2 N–H and O–H groups in total. The maximum absolute atomic E-state index is 13.3. The van der Waals surface area contributed by atoms with E-state index < -0.39 is 0 Å². The molecule has 1 amide bonds. The fourth-order valence-electron chi connectivity index (χ4n) is 9.52. The number of fused-ring (bicyclic) bond motifs is 3. The van der Waals surface area contributed by atoms with Crippen LogP contribution in [0.4, 0.5) is 0 Å². The molecule has 1 aromatic heterocycles. The number of aromatic amines is 1. The van der Waals surface area contributed by atoms with E-state index in [4.69, 9.17) is 6.42 Å². The third-order valence-electron chi connectivity index (χ3n) is 10.8. The minimum atomic E-state index is -0.211. The number of amides is 1. The molecule has 4 fully saturated rings. The largest absolute Gasteiger partial charge is 0.356 e. The maximum Gasteiger partial charge on any atom is 0.299 e. The monoisotopic (exact) mass is 533 g/mol. The highest BCUT2D eigenvalue weighted by Crippen LogP contribution is 2.59. The lowest BCUT2D eigenvalue weighted by Gasteiger charge is -2.57. The first-order valence-corrected chi connectivity index (χ1v) is 15.7. The molecule has 4 heteroatoms. The predicted octanol–water partition coefficient (Wildman–Crippen LogP) is 7.14. The third kappa shape index (κ3) is 4.57.